The first kappa shape index (κ1) is 16.3. The van der Waals surface area contributed by atoms with E-state index in [-0.39, 0.29) is 17.7 Å². The Hall–Kier alpha value is -1.76. The normalized spacial score (nSPS) is 12.8. The molecule has 0 amide bonds. The lowest BCUT2D eigenvalue weighted by Gasteiger charge is -2.21. The van der Waals surface area contributed by atoms with Crippen molar-refractivity contribution in [3.63, 3.8) is 0 Å². The van der Waals surface area contributed by atoms with Crippen LogP contribution in [0, 0.1) is 0 Å². The molecule has 112 valence electrons. The maximum absolute atomic E-state index is 12.4. The van der Waals surface area contributed by atoms with Gasteiger partial charge in [0.25, 0.3) is 0 Å². The number of para-hydroxylation sites is 1. The molecule has 1 N–H and O–H groups in total. The van der Waals surface area contributed by atoms with Gasteiger partial charge in [0.1, 0.15) is 5.75 Å². The summed E-state index contributed by atoms with van der Waals surface area (Å²) < 4.78 is 45.6. The number of benzene rings is 1. The van der Waals surface area contributed by atoms with Crippen LogP contribution in [0.3, 0.4) is 0 Å². The largest absolute Gasteiger partial charge is 0.573 e. The average molecular weight is 291 g/mol. The average Bonchev–Trinajstić information content (AvgIpc) is 2.37. The predicted octanol–water partition coefficient (Wildman–Crippen LogP) is 2.80. The Morgan fingerprint density at radius 1 is 1.35 bits per heavy atom. The summed E-state index contributed by atoms with van der Waals surface area (Å²) in [6.07, 6.45) is -4.86. The number of ether oxygens (including phenoxy) is 2. The molecule has 20 heavy (non-hydrogen) atoms. The van der Waals surface area contributed by atoms with E-state index >= 15 is 0 Å². The van der Waals surface area contributed by atoms with Crippen molar-refractivity contribution in [2.75, 3.05) is 13.7 Å². The van der Waals surface area contributed by atoms with Crippen LogP contribution in [0.5, 0.6) is 5.75 Å². The number of carbonyl (C=O) groups is 1. The minimum atomic E-state index is -4.78. The third-order valence-corrected chi connectivity index (χ3v) is 2.57. The molecule has 0 bridgehead atoms. The van der Waals surface area contributed by atoms with E-state index in [1.54, 1.807) is 13.0 Å². The van der Waals surface area contributed by atoms with Crippen LogP contribution in [0.25, 0.3) is 0 Å². The lowest BCUT2D eigenvalue weighted by molar-refractivity contribution is -0.275. The molecule has 0 aliphatic rings. The topological polar surface area (TPSA) is 47.6 Å². The van der Waals surface area contributed by atoms with Crippen LogP contribution in [0.15, 0.2) is 24.3 Å². The van der Waals surface area contributed by atoms with Crippen molar-refractivity contribution in [1.29, 1.82) is 0 Å². The van der Waals surface area contributed by atoms with Crippen LogP contribution in [-0.2, 0) is 9.53 Å². The Kier molecular flexibility index (Phi) is 5.82. The monoisotopic (exact) mass is 291 g/mol. The second-order valence-electron chi connectivity index (χ2n) is 3.98. The molecule has 0 aliphatic heterocycles. The first-order valence-corrected chi connectivity index (χ1v) is 6.02. The van der Waals surface area contributed by atoms with E-state index in [9.17, 15) is 18.0 Å². The van der Waals surface area contributed by atoms with Gasteiger partial charge in [-0.05, 0) is 12.6 Å². The lowest BCUT2D eigenvalue weighted by atomic mass is 10.0. The molecule has 0 spiro atoms. The fraction of sp³-hybridized carbons (Fsp3) is 0.462. The number of carbonyl (C=O) groups excluding carboxylic acids is 1. The molecular formula is C13H16F3NO3. The molecule has 0 saturated heterocycles. The molecular weight excluding hydrogens is 275 g/mol. The van der Waals surface area contributed by atoms with Crippen LogP contribution in [0.2, 0.25) is 0 Å². The minimum absolute atomic E-state index is 0.0808. The number of rotatable bonds is 6. The van der Waals surface area contributed by atoms with Crippen molar-refractivity contribution in [2.24, 2.45) is 0 Å². The van der Waals surface area contributed by atoms with Crippen molar-refractivity contribution in [3.8, 4) is 5.75 Å². The van der Waals surface area contributed by atoms with Gasteiger partial charge in [-0.15, -0.1) is 13.2 Å². The van der Waals surface area contributed by atoms with Gasteiger partial charge in [0, 0.05) is 11.6 Å². The second-order valence-corrected chi connectivity index (χ2v) is 3.98. The Morgan fingerprint density at radius 3 is 2.55 bits per heavy atom. The predicted molar refractivity (Wildman–Crippen MR) is 66.2 cm³/mol. The third-order valence-electron chi connectivity index (χ3n) is 2.57. The van der Waals surface area contributed by atoms with Crippen LogP contribution in [-0.4, -0.2) is 26.0 Å². The van der Waals surface area contributed by atoms with Gasteiger partial charge in [0.15, 0.2) is 0 Å². The number of hydrogen-bond acceptors (Lipinski definition) is 4. The third kappa shape index (κ3) is 5.08. The second kappa shape index (κ2) is 7.14. The summed E-state index contributed by atoms with van der Waals surface area (Å²) >= 11 is 0. The highest BCUT2D eigenvalue weighted by Gasteiger charge is 2.33. The first-order valence-electron chi connectivity index (χ1n) is 6.02. The van der Waals surface area contributed by atoms with Gasteiger partial charge in [-0.25, -0.2) is 0 Å². The zero-order valence-corrected chi connectivity index (χ0v) is 11.2. The molecule has 1 rings (SSSR count). The standard InChI is InChI=1S/C13H16F3NO3/c1-3-17-10(8-12(18)19-2)9-6-4-5-7-11(9)20-13(14,15)16/h4-7,10,17H,3,8H2,1-2H3. The van der Waals surface area contributed by atoms with Crippen molar-refractivity contribution in [1.82, 2.24) is 5.32 Å². The van der Waals surface area contributed by atoms with E-state index in [2.05, 4.69) is 14.8 Å². The quantitative estimate of drug-likeness (QED) is 0.819. The fourth-order valence-corrected chi connectivity index (χ4v) is 1.77. The number of hydrogen-bond donors (Lipinski definition) is 1. The molecule has 7 heteroatoms. The Bertz CT molecular complexity index is 449. The van der Waals surface area contributed by atoms with Gasteiger partial charge < -0.3 is 14.8 Å². The first-order chi connectivity index (χ1) is 9.37. The van der Waals surface area contributed by atoms with E-state index in [0.717, 1.165) is 0 Å². The van der Waals surface area contributed by atoms with E-state index in [1.807, 2.05) is 0 Å². The number of esters is 1. The SMILES string of the molecule is CCNC(CC(=O)OC)c1ccccc1OC(F)(F)F. The molecule has 0 aliphatic carbocycles. The molecule has 1 aromatic carbocycles. The van der Waals surface area contributed by atoms with E-state index in [0.29, 0.717) is 6.54 Å². The summed E-state index contributed by atoms with van der Waals surface area (Å²) in [6.45, 7) is 2.28. The maximum atomic E-state index is 12.4. The summed E-state index contributed by atoms with van der Waals surface area (Å²) in [5.41, 5.74) is 0.261. The minimum Gasteiger partial charge on any atom is -0.469 e. The van der Waals surface area contributed by atoms with Gasteiger partial charge in [0.05, 0.1) is 13.5 Å². The zero-order valence-electron chi connectivity index (χ0n) is 11.2. The van der Waals surface area contributed by atoms with E-state index in [1.165, 1.54) is 25.3 Å². The Balaban J connectivity index is 3.03. The summed E-state index contributed by atoms with van der Waals surface area (Å²) in [5.74, 6) is -0.840. The summed E-state index contributed by atoms with van der Waals surface area (Å²) in [6, 6.07) is 5.11. The highest BCUT2D eigenvalue weighted by atomic mass is 19.4. The van der Waals surface area contributed by atoms with E-state index < -0.39 is 18.4 Å². The van der Waals surface area contributed by atoms with Gasteiger partial charge in [-0.3, -0.25) is 4.79 Å². The van der Waals surface area contributed by atoms with E-state index in [4.69, 9.17) is 0 Å². The maximum Gasteiger partial charge on any atom is 0.573 e. The Labute approximate surface area is 114 Å². The van der Waals surface area contributed by atoms with Gasteiger partial charge in [-0.1, -0.05) is 25.1 Å². The molecule has 0 saturated carbocycles. The van der Waals surface area contributed by atoms with Gasteiger partial charge in [0.2, 0.25) is 0 Å². The fourth-order valence-electron chi connectivity index (χ4n) is 1.77. The molecule has 0 radical (unpaired) electrons. The number of nitrogens with one attached hydrogen (secondary N) is 1. The Morgan fingerprint density at radius 2 is 2.00 bits per heavy atom. The number of halogens is 3. The van der Waals surface area contributed by atoms with Crippen molar-refractivity contribution < 1.29 is 27.4 Å². The molecule has 0 heterocycles. The van der Waals surface area contributed by atoms with Crippen LogP contribution in [0.1, 0.15) is 24.9 Å². The van der Waals surface area contributed by atoms with Crippen LogP contribution in [0.4, 0.5) is 13.2 Å². The molecule has 1 atom stereocenters. The van der Waals surface area contributed by atoms with Crippen molar-refractivity contribution in [2.45, 2.75) is 25.7 Å². The summed E-state index contributed by atoms with van der Waals surface area (Å²) in [4.78, 5) is 11.3. The van der Waals surface area contributed by atoms with Crippen molar-refractivity contribution in [3.05, 3.63) is 29.8 Å². The molecule has 1 aromatic rings. The molecule has 0 fully saturated rings. The molecule has 1 unspecified atom stereocenters. The van der Waals surface area contributed by atoms with Crippen LogP contribution < -0.4 is 10.1 Å². The number of methoxy groups -OCH3 is 1. The highest BCUT2D eigenvalue weighted by Crippen LogP contribution is 2.31. The molecule has 0 aromatic heterocycles. The van der Waals surface area contributed by atoms with Gasteiger partial charge >= 0.3 is 12.3 Å². The smallest absolute Gasteiger partial charge is 0.469 e. The van der Waals surface area contributed by atoms with Gasteiger partial charge in [-0.2, -0.15) is 0 Å². The number of alkyl halides is 3. The van der Waals surface area contributed by atoms with Crippen LogP contribution >= 0.6 is 0 Å². The van der Waals surface area contributed by atoms with Crippen molar-refractivity contribution >= 4 is 5.97 Å². The molecule has 4 nitrogen and oxygen atoms in total. The lowest BCUT2D eigenvalue weighted by Crippen LogP contribution is -2.26. The summed E-state index contributed by atoms with van der Waals surface area (Å²) in [7, 11) is 1.23. The highest BCUT2D eigenvalue weighted by molar-refractivity contribution is 5.70. The summed E-state index contributed by atoms with van der Waals surface area (Å²) in [5, 5.41) is 2.94. The zero-order chi connectivity index (χ0) is 15.2.